The highest BCUT2D eigenvalue weighted by atomic mass is 32.1. The van der Waals surface area contributed by atoms with Crippen LogP contribution in [0.3, 0.4) is 0 Å². The number of rotatable bonds is 2. The Balaban J connectivity index is 2.46. The van der Waals surface area contributed by atoms with Gasteiger partial charge in [0, 0.05) is 24.8 Å². The molecule has 0 radical (unpaired) electrons. The van der Waals surface area contributed by atoms with Crippen LogP contribution in [0.25, 0.3) is 10.6 Å². The molecule has 0 saturated heterocycles. The molecule has 1 heterocycles. The minimum atomic E-state index is -0.658. The number of aromatic nitrogens is 1. The molecule has 16 heavy (non-hydrogen) atoms. The highest BCUT2D eigenvalue weighted by molar-refractivity contribution is 7.16. The van der Waals surface area contributed by atoms with Crippen molar-refractivity contribution in [2.24, 2.45) is 0 Å². The van der Waals surface area contributed by atoms with E-state index in [2.05, 4.69) is 4.98 Å². The van der Waals surface area contributed by atoms with E-state index in [1.165, 1.54) is 25.3 Å². The van der Waals surface area contributed by atoms with Crippen LogP contribution in [0.1, 0.15) is 16.6 Å². The highest BCUT2D eigenvalue weighted by Gasteiger charge is 2.09. The highest BCUT2D eigenvalue weighted by Crippen LogP contribution is 2.26. The maximum Gasteiger partial charge on any atom is 0.171 e. The molecule has 0 aliphatic carbocycles. The fraction of sp³-hybridized carbons (Fsp3) is 0.0909. The minimum absolute atomic E-state index is 0.111. The van der Waals surface area contributed by atoms with Gasteiger partial charge in [-0.05, 0) is 12.1 Å². The fourth-order valence-electron chi connectivity index (χ4n) is 1.25. The quantitative estimate of drug-likeness (QED) is 0.753. The van der Waals surface area contributed by atoms with Gasteiger partial charge in [-0.1, -0.05) is 0 Å². The van der Waals surface area contributed by atoms with Gasteiger partial charge in [-0.2, -0.15) is 0 Å². The van der Waals surface area contributed by atoms with Gasteiger partial charge in [-0.3, -0.25) is 4.79 Å². The first-order valence-corrected chi connectivity index (χ1v) is 5.31. The molecule has 0 fully saturated rings. The second kappa shape index (κ2) is 4.09. The molecule has 1 aromatic carbocycles. The van der Waals surface area contributed by atoms with Gasteiger partial charge in [0.1, 0.15) is 16.6 Å². The van der Waals surface area contributed by atoms with Gasteiger partial charge in [0.15, 0.2) is 5.78 Å². The Bertz CT molecular complexity index is 530. The van der Waals surface area contributed by atoms with E-state index in [9.17, 15) is 13.6 Å². The molecule has 0 bridgehead atoms. The van der Waals surface area contributed by atoms with Crippen molar-refractivity contribution < 1.29 is 13.6 Å². The largest absolute Gasteiger partial charge is 0.294 e. The summed E-state index contributed by atoms with van der Waals surface area (Å²) in [6, 6.07) is 3.17. The van der Waals surface area contributed by atoms with E-state index in [0.717, 1.165) is 17.4 Å². The lowest BCUT2D eigenvalue weighted by atomic mass is 10.2. The van der Waals surface area contributed by atoms with Crippen molar-refractivity contribution in [3.8, 4) is 10.6 Å². The van der Waals surface area contributed by atoms with Gasteiger partial charge in [0.25, 0.3) is 0 Å². The molecule has 0 saturated carbocycles. The Morgan fingerprint density at radius 1 is 1.25 bits per heavy atom. The molecule has 0 aliphatic heterocycles. The van der Waals surface area contributed by atoms with Gasteiger partial charge in [-0.25, -0.2) is 13.8 Å². The third-order valence-corrected chi connectivity index (χ3v) is 3.11. The van der Waals surface area contributed by atoms with E-state index in [1.54, 1.807) is 0 Å². The van der Waals surface area contributed by atoms with Gasteiger partial charge in [0.2, 0.25) is 0 Å². The number of nitrogens with zero attached hydrogens (tertiary/aromatic N) is 1. The normalized spacial score (nSPS) is 10.4. The van der Waals surface area contributed by atoms with Crippen LogP contribution in [-0.2, 0) is 0 Å². The second-order valence-electron chi connectivity index (χ2n) is 3.24. The standard InChI is InChI=1S/C11H7F2NOS/c1-6(15)10-5-14-11(16-10)7-2-8(12)4-9(13)3-7/h2-5H,1H3. The van der Waals surface area contributed by atoms with Crippen molar-refractivity contribution >= 4 is 17.1 Å². The van der Waals surface area contributed by atoms with E-state index >= 15 is 0 Å². The van der Waals surface area contributed by atoms with Gasteiger partial charge in [-0.15, -0.1) is 11.3 Å². The zero-order valence-corrected chi connectivity index (χ0v) is 9.15. The van der Waals surface area contributed by atoms with Crippen LogP contribution in [0.2, 0.25) is 0 Å². The number of hydrogen-bond donors (Lipinski definition) is 0. The maximum absolute atomic E-state index is 12.9. The summed E-state index contributed by atoms with van der Waals surface area (Å²) in [5.41, 5.74) is 0.343. The van der Waals surface area contributed by atoms with Crippen molar-refractivity contribution in [1.29, 1.82) is 0 Å². The molecule has 2 rings (SSSR count). The number of hydrogen-bond acceptors (Lipinski definition) is 3. The lowest BCUT2D eigenvalue weighted by Crippen LogP contribution is -1.83. The summed E-state index contributed by atoms with van der Waals surface area (Å²) in [6.07, 6.45) is 1.41. The van der Waals surface area contributed by atoms with Crippen molar-refractivity contribution in [2.75, 3.05) is 0 Å². The molecular formula is C11H7F2NOS. The average molecular weight is 239 g/mol. The third-order valence-electron chi connectivity index (χ3n) is 1.96. The summed E-state index contributed by atoms with van der Waals surface area (Å²) in [5.74, 6) is -1.43. The Kier molecular flexibility index (Phi) is 2.78. The second-order valence-corrected chi connectivity index (χ2v) is 4.27. The molecule has 1 aromatic heterocycles. The van der Waals surface area contributed by atoms with Crippen molar-refractivity contribution in [3.05, 3.63) is 40.9 Å². The van der Waals surface area contributed by atoms with Crippen LogP contribution in [0, 0.1) is 11.6 Å². The van der Waals surface area contributed by atoms with E-state index in [1.807, 2.05) is 0 Å². The van der Waals surface area contributed by atoms with Crippen LogP contribution >= 0.6 is 11.3 Å². The van der Waals surface area contributed by atoms with Crippen LogP contribution in [-0.4, -0.2) is 10.8 Å². The monoisotopic (exact) mass is 239 g/mol. The number of carbonyl (C=O) groups excluding carboxylic acids is 1. The molecule has 0 aliphatic rings. The van der Waals surface area contributed by atoms with Crippen LogP contribution in [0.15, 0.2) is 24.4 Å². The average Bonchev–Trinajstić information content (AvgIpc) is 2.64. The predicted molar refractivity (Wildman–Crippen MR) is 57.5 cm³/mol. The Morgan fingerprint density at radius 2 is 1.88 bits per heavy atom. The lowest BCUT2D eigenvalue weighted by Gasteiger charge is -1.96. The minimum Gasteiger partial charge on any atom is -0.294 e. The Morgan fingerprint density at radius 3 is 2.38 bits per heavy atom. The number of carbonyl (C=O) groups is 1. The summed E-state index contributed by atoms with van der Waals surface area (Å²) in [6.45, 7) is 1.42. The first-order chi connectivity index (χ1) is 7.56. The number of benzene rings is 1. The SMILES string of the molecule is CC(=O)c1cnc(-c2cc(F)cc(F)c2)s1. The Labute approximate surface area is 94.6 Å². The van der Waals surface area contributed by atoms with E-state index in [4.69, 9.17) is 0 Å². The smallest absolute Gasteiger partial charge is 0.171 e. The zero-order chi connectivity index (χ0) is 11.7. The summed E-state index contributed by atoms with van der Waals surface area (Å²) in [5, 5.41) is 0.434. The Hall–Kier alpha value is -1.62. The molecule has 2 nitrogen and oxygen atoms in total. The number of ketones is 1. The van der Waals surface area contributed by atoms with Gasteiger partial charge in [0.05, 0.1) is 4.88 Å². The molecule has 0 unspecified atom stereocenters. The first kappa shape index (κ1) is 10.9. The van der Waals surface area contributed by atoms with Crippen molar-refractivity contribution in [2.45, 2.75) is 6.92 Å². The number of halogens is 2. The van der Waals surface area contributed by atoms with E-state index in [-0.39, 0.29) is 5.78 Å². The topological polar surface area (TPSA) is 30.0 Å². The molecule has 0 atom stereocenters. The van der Waals surface area contributed by atoms with Crippen LogP contribution < -0.4 is 0 Å². The molecular weight excluding hydrogens is 232 g/mol. The summed E-state index contributed by atoms with van der Waals surface area (Å²) in [7, 11) is 0. The van der Waals surface area contributed by atoms with Gasteiger partial charge >= 0.3 is 0 Å². The van der Waals surface area contributed by atoms with Crippen LogP contribution in [0.5, 0.6) is 0 Å². The predicted octanol–water partition coefficient (Wildman–Crippen LogP) is 3.29. The van der Waals surface area contributed by atoms with Gasteiger partial charge < -0.3 is 0 Å². The maximum atomic E-state index is 12.9. The zero-order valence-electron chi connectivity index (χ0n) is 8.33. The lowest BCUT2D eigenvalue weighted by molar-refractivity contribution is 0.102. The van der Waals surface area contributed by atoms with Crippen LogP contribution in [0.4, 0.5) is 8.78 Å². The number of Topliss-reactive ketones (excluding diaryl/α,β-unsaturated/α-hetero) is 1. The molecule has 0 amide bonds. The third kappa shape index (κ3) is 2.14. The molecule has 82 valence electrons. The number of thiazole rings is 1. The van der Waals surface area contributed by atoms with Crippen molar-refractivity contribution in [1.82, 2.24) is 4.98 Å². The fourth-order valence-corrected chi connectivity index (χ4v) is 2.05. The molecule has 0 spiro atoms. The molecule has 2 aromatic rings. The first-order valence-electron chi connectivity index (χ1n) is 4.49. The molecule has 0 N–H and O–H groups in total. The van der Waals surface area contributed by atoms with E-state index < -0.39 is 11.6 Å². The summed E-state index contributed by atoms with van der Waals surface area (Å²) < 4.78 is 25.9. The molecule has 5 heteroatoms. The summed E-state index contributed by atoms with van der Waals surface area (Å²) in [4.78, 5) is 15.5. The van der Waals surface area contributed by atoms with Crippen molar-refractivity contribution in [3.63, 3.8) is 0 Å². The summed E-state index contributed by atoms with van der Waals surface area (Å²) >= 11 is 1.12. The van der Waals surface area contributed by atoms with E-state index in [0.29, 0.717) is 15.4 Å².